The van der Waals surface area contributed by atoms with Crippen molar-refractivity contribution in [3.05, 3.63) is 23.8 Å². The van der Waals surface area contributed by atoms with Crippen LogP contribution in [0, 0.1) is 5.92 Å². The van der Waals surface area contributed by atoms with Crippen LogP contribution in [0.2, 0.25) is 0 Å². The molecule has 0 aliphatic heterocycles. The van der Waals surface area contributed by atoms with E-state index in [1.165, 1.54) is 0 Å². The zero-order valence-corrected chi connectivity index (χ0v) is 13.2. The number of hydrogen-bond donors (Lipinski definition) is 1. The molecule has 1 N–H and O–H groups in total. The lowest BCUT2D eigenvalue weighted by atomic mass is 9.98. The number of ether oxygens (including phenoxy) is 2. The zero-order valence-electron chi connectivity index (χ0n) is 13.2. The van der Waals surface area contributed by atoms with Gasteiger partial charge in [-0.15, -0.1) is 0 Å². The van der Waals surface area contributed by atoms with Crippen LogP contribution in [0.5, 0.6) is 11.5 Å². The summed E-state index contributed by atoms with van der Waals surface area (Å²) >= 11 is 0. The number of hydrogen-bond acceptors (Lipinski definition) is 3. The van der Waals surface area contributed by atoms with Gasteiger partial charge < -0.3 is 14.8 Å². The average molecular weight is 279 g/mol. The van der Waals surface area contributed by atoms with Crippen molar-refractivity contribution in [2.45, 2.75) is 39.7 Å². The molecule has 1 amide bonds. The van der Waals surface area contributed by atoms with Crippen molar-refractivity contribution in [3.8, 4) is 11.5 Å². The minimum Gasteiger partial charge on any atom is -0.493 e. The maximum Gasteiger partial charge on any atom is 0.223 e. The second kappa shape index (κ2) is 6.64. The highest BCUT2D eigenvalue weighted by Crippen LogP contribution is 2.28. The first-order chi connectivity index (χ1) is 9.26. The van der Waals surface area contributed by atoms with Crippen molar-refractivity contribution in [1.29, 1.82) is 0 Å². The van der Waals surface area contributed by atoms with Gasteiger partial charge in [0.25, 0.3) is 0 Å². The van der Waals surface area contributed by atoms with E-state index >= 15 is 0 Å². The summed E-state index contributed by atoms with van der Waals surface area (Å²) in [4.78, 5) is 12.1. The van der Waals surface area contributed by atoms with E-state index in [4.69, 9.17) is 9.47 Å². The topological polar surface area (TPSA) is 47.6 Å². The number of amides is 1. The van der Waals surface area contributed by atoms with E-state index in [1.54, 1.807) is 14.2 Å². The van der Waals surface area contributed by atoms with Gasteiger partial charge in [-0.1, -0.05) is 13.0 Å². The first-order valence-corrected chi connectivity index (χ1v) is 6.79. The van der Waals surface area contributed by atoms with Crippen LogP contribution in [-0.4, -0.2) is 25.7 Å². The Morgan fingerprint density at radius 2 is 1.80 bits per heavy atom. The van der Waals surface area contributed by atoms with Crippen LogP contribution in [0.1, 0.15) is 33.3 Å². The highest BCUT2D eigenvalue weighted by molar-refractivity contribution is 5.79. The molecule has 112 valence electrons. The number of carbonyl (C=O) groups is 1. The second-order valence-corrected chi connectivity index (χ2v) is 6.03. The average Bonchev–Trinajstić information content (AvgIpc) is 2.36. The van der Waals surface area contributed by atoms with E-state index in [0.29, 0.717) is 17.9 Å². The molecule has 0 heterocycles. The third-order valence-electron chi connectivity index (χ3n) is 2.94. The van der Waals surface area contributed by atoms with Crippen molar-refractivity contribution in [3.63, 3.8) is 0 Å². The third-order valence-corrected chi connectivity index (χ3v) is 2.94. The van der Waals surface area contributed by atoms with Gasteiger partial charge in [-0.25, -0.2) is 0 Å². The standard InChI is InChI=1S/C16H25NO3/c1-11(15(18)17-16(2,3)4)9-12-7-8-13(19-5)14(10-12)20-6/h7-8,10-11H,9H2,1-6H3,(H,17,18). The molecule has 0 fully saturated rings. The maximum atomic E-state index is 12.1. The molecule has 1 aromatic carbocycles. The van der Waals surface area contributed by atoms with Gasteiger partial charge in [-0.3, -0.25) is 4.79 Å². The van der Waals surface area contributed by atoms with Gasteiger partial charge in [0.1, 0.15) is 0 Å². The predicted molar refractivity (Wildman–Crippen MR) is 80.3 cm³/mol. The Labute approximate surface area is 121 Å². The van der Waals surface area contributed by atoms with Crippen molar-refractivity contribution in [1.82, 2.24) is 5.32 Å². The molecule has 0 spiro atoms. The molecule has 4 heteroatoms. The first-order valence-electron chi connectivity index (χ1n) is 6.79. The maximum absolute atomic E-state index is 12.1. The van der Waals surface area contributed by atoms with E-state index in [1.807, 2.05) is 45.9 Å². The van der Waals surface area contributed by atoms with Crippen LogP contribution >= 0.6 is 0 Å². The Hall–Kier alpha value is -1.71. The zero-order chi connectivity index (χ0) is 15.3. The summed E-state index contributed by atoms with van der Waals surface area (Å²) in [7, 11) is 3.22. The molecule has 0 saturated heterocycles. The quantitative estimate of drug-likeness (QED) is 0.901. The van der Waals surface area contributed by atoms with Crippen LogP contribution in [0.4, 0.5) is 0 Å². The summed E-state index contributed by atoms with van der Waals surface area (Å²) < 4.78 is 10.5. The Bertz CT molecular complexity index is 463. The lowest BCUT2D eigenvalue weighted by molar-refractivity contribution is -0.125. The lowest BCUT2D eigenvalue weighted by Gasteiger charge is -2.23. The van der Waals surface area contributed by atoms with Crippen LogP contribution in [0.25, 0.3) is 0 Å². The summed E-state index contributed by atoms with van der Waals surface area (Å²) in [5.41, 5.74) is 0.849. The number of nitrogens with one attached hydrogen (secondary N) is 1. The van der Waals surface area contributed by atoms with E-state index in [-0.39, 0.29) is 17.4 Å². The van der Waals surface area contributed by atoms with Crippen molar-refractivity contribution in [2.75, 3.05) is 14.2 Å². The Balaban J connectivity index is 2.75. The smallest absolute Gasteiger partial charge is 0.223 e. The van der Waals surface area contributed by atoms with Gasteiger partial charge >= 0.3 is 0 Å². The molecule has 0 saturated carbocycles. The minimum absolute atomic E-state index is 0.0623. The van der Waals surface area contributed by atoms with Crippen LogP contribution < -0.4 is 14.8 Å². The van der Waals surface area contributed by atoms with E-state index < -0.39 is 0 Å². The molecule has 0 radical (unpaired) electrons. The highest BCUT2D eigenvalue weighted by atomic mass is 16.5. The molecular weight excluding hydrogens is 254 g/mol. The third kappa shape index (κ3) is 4.76. The van der Waals surface area contributed by atoms with Crippen LogP contribution in [-0.2, 0) is 11.2 Å². The summed E-state index contributed by atoms with van der Waals surface area (Å²) in [5.74, 6) is 1.36. The Kier molecular flexibility index (Phi) is 5.43. The molecule has 0 aliphatic carbocycles. The van der Waals surface area contributed by atoms with Gasteiger partial charge in [-0.2, -0.15) is 0 Å². The normalized spacial score (nSPS) is 12.7. The fourth-order valence-electron chi connectivity index (χ4n) is 1.95. The summed E-state index contributed by atoms with van der Waals surface area (Å²) in [6.07, 6.45) is 0.669. The molecule has 1 unspecified atom stereocenters. The van der Waals surface area contributed by atoms with Gasteiger partial charge in [0.15, 0.2) is 11.5 Å². The molecular formula is C16H25NO3. The van der Waals surface area contributed by atoms with E-state index in [2.05, 4.69) is 5.32 Å². The van der Waals surface area contributed by atoms with Crippen LogP contribution in [0.3, 0.4) is 0 Å². The molecule has 4 nitrogen and oxygen atoms in total. The number of benzene rings is 1. The van der Waals surface area contributed by atoms with E-state index in [9.17, 15) is 4.79 Å². The molecule has 0 aliphatic rings. The van der Waals surface area contributed by atoms with Gasteiger partial charge in [0, 0.05) is 11.5 Å². The summed E-state index contributed by atoms with van der Waals surface area (Å²) in [6, 6.07) is 5.74. The highest BCUT2D eigenvalue weighted by Gasteiger charge is 2.19. The molecule has 1 aromatic rings. The number of rotatable bonds is 5. The lowest BCUT2D eigenvalue weighted by Crippen LogP contribution is -2.43. The summed E-state index contributed by atoms with van der Waals surface area (Å²) in [5, 5.41) is 3.00. The SMILES string of the molecule is COc1ccc(CC(C)C(=O)NC(C)(C)C)cc1OC. The van der Waals surface area contributed by atoms with Crippen molar-refractivity contribution >= 4 is 5.91 Å². The van der Waals surface area contributed by atoms with Gasteiger partial charge in [0.05, 0.1) is 14.2 Å². The minimum atomic E-state index is -0.205. The fraction of sp³-hybridized carbons (Fsp3) is 0.562. The predicted octanol–water partition coefficient (Wildman–Crippen LogP) is 2.80. The van der Waals surface area contributed by atoms with Gasteiger partial charge in [-0.05, 0) is 44.9 Å². The number of methoxy groups -OCH3 is 2. The van der Waals surface area contributed by atoms with Crippen LogP contribution in [0.15, 0.2) is 18.2 Å². The molecule has 1 atom stereocenters. The Morgan fingerprint density at radius 1 is 1.20 bits per heavy atom. The van der Waals surface area contributed by atoms with Gasteiger partial charge in [0.2, 0.25) is 5.91 Å². The monoisotopic (exact) mass is 279 g/mol. The fourth-order valence-corrected chi connectivity index (χ4v) is 1.95. The molecule has 0 bridgehead atoms. The summed E-state index contributed by atoms with van der Waals surface area (Å²) in [6.45, 7) is 7.87. The molecule has 20 heavy (non-hydrogen) atoms. The van der Waals surface area contributed by atoms with Crippen molar-refractivity contribution in [2.24, 2.45) is 5.92 Å². The van der Waals surface area contributed by atoms with E-state index in [0.717, 1.165) is 5.56 Å². The Morgan fingerprint density at radius 3 is 2.30 bits per heavy atom. The molecule has 0 aromatic heterocycles. The van der Waals surface area contributed by atoms with Crippen molar-refractivity contribution < 1.29 is 14.3 Å². The largest absolute Gasteiger partial charge is 0.493 e. The second-order valence-electron chi connectivity index (χ2n) is 6.03. The first kappa shape index (κ1) is 16.3. The molecule has 1 rings (SSSR count). The number of carbonyl (C=O) groups excluding carboxylic acids is 1.